The van der Waals surface area contributed by atoms with Crippen LogP contribution in [-0.2, 0) is 6.37 Å². The molecule has 1 aromatic carbocycles. The fourth-order valence-corrected chi connectivity index (χ4v) is 1.54. The van der Waals surface area contributed by atoms with Crippen LogP contribution in [0.5, 0.6) is 5.75 Å². The molecule has 3 heteroatoms. The first-order valence-electron chi connectivity index (χ1n) is 8.79. The van der Waals surface area contributed by atoms with Crippen LogP contribution in [0.1, 0.15) is 16.5 Å². The normalized spacial score (nSPS) is 21.1. The lowest BCUT2D eigenvalue weighted by Gasteiger charge is -2.08. The fourth-order valence-electron chi connectivity index (χ4n) is 1.54. The molecule has 2 rings (SSSR count). The molecule has 0 amide bonds. The molecular formula is C13H18N2O. The number of H-pyrrole nitrogens is 1. The second kappa shape index (κ2) is 4.58. The molecular weight excluding hydrogens is 200 g/mol. The molecule has 0 saturated carbocycles. The van der Waals surface area contributed by atoms with Crippen LogP contribution in [0.2, 0.25) is 0 Å². The number of benzene rings is 1. The number of hydrogen-bond acceptors (Lipinski definition) is 2. The van der Waals surface area contributed by atoms with Gasteiger partial charge in [0.2, 0.25) is 0 Å². The average Bonchev–Trinajstić information content (AvgIpc) is 2.86. The van der Waals surface area contributed by atoms with E-state index >= 15 is 0 Å². The molecule has 16 heavy (non-hydrogen) atoms. The predicted molar refractivity (Wildman–Crippen MR) is 67.1 cm³/mol. The zero-order chi connectivity index (χ0) is 18.3. The highest BCUT2D eigenvalue weighted by Gasteiger charge is 2.05. The van der Waals surface area contributed by atoms with E-state index in [-0.39, 0.29) is 10.5 Å². The van der Waals surface area contributed by atoms with Gasteiger partial charge in [-0.3, -0.25) is 0 Å². The van der Waals surface area contributed by atoms with Crippen molar-refractivity contribution in [2.24, 2.45) is 0 Å². The molecule has 0 aliphatic carbocycles. The Morgan fingerprint density at radius 1 is 1.50 bits per heavy atom. The van der Waals surface area contributed by atoms with Crippen molar-refractivity contribution in [2.45, 2.75) is 6.37 Å². The third-order valence-electron chi connectivity index (χ3n) is 2.32. The molecule has 0 atom stereocenters. The van der Waals surface area contributed by atoms with E-state index in [1.165, 1.54) is 13.3 Å². The summed E-state index contributed by atoms with van der Waals surface area (Å²) in [4.78, 5) is 3.12. The zero-order valence-corrected chi connectivity index (χ0v) is 8.87. The molecule has 86 valence electrons. The minimum Gasteiger partial charge on any atom is -0.497 e. The molecule has 3 nitrogen and oxygen atoms in total. The topological polar surface area (TPSA) is 28.3 Å². The summed E-state index contributed by atoms with van der Waals surface area (Å²) in [6, 6.07) is 5.03. The monoisotopic (exact) mass is 226 g/mol. The van der Waals surface area contributed by atoms with Gasteiger partial charge in [-0.25, -0.2) is 0 Å². The van der Waals surface area contributed by atoms with Crippen LogP contribution in [0, 0.1) is 0 Å². The van der Waals surface area contributed by atoms with E-state index in [4.69, 9.17) is 15.7 Å². The number of ether oxygens (including phenoxy) is 1. The highest BCUT2D eigenvalue weighted by molar-refractivity contribution is 5.84. The van der Waals surface area contributed by atoms with Gasteiger partial charge in [-0.15, -0.1) is 0 Å². The van der Waals surface area contributed by atoms with Gasteiger partial charge in [-0.2, -0.15) is 0 Å². The summed E-state index contributed by atoms with van der Waals surface area (Å²) in [7, 11) is 1.48. The number of nitrogens with one attached hydrogen (secondary N) is 1. The van der Waals surface area contributed by atoms with E-state index in [9.17, 15) is 0 Å². The van der Waals surface area contributed by atoms with E-state index in [0.717, 1.165) is 0 Å². The molecule has 0 aliphatic heterocycles. The first kappa shape index (κ1) is 4.80. The Balaban J connectivity index is 2.46. The maximum absolute atomic E-state index is 8.25. The van der Waals surface area contributed by atoms with Crippen molar-refractivity contribution in [2.75, 3.05) is 27.6 Å². The van der Waals surface area contributed by atoms with Crippen molar-refractivity contribution in [3.05, 3.63) is 30.0 Å². The van der Waals surface area contributed by atoms with Gasteiger partial charge >= 0.3 is 0 Å². The molecule has 0 fully saturated rings. The summed E-state index contributed by atoms with van der Waals surface area (Å²) >= 11 is 0. The van der Waals surface area contributed by atoms with Crippen LogP contribution in [0.4, 0.5) is 0 Å². The SMILES string of the molecule is [2H]C([2H])(CN(C([2H])([2H])[2H])C([2H])([2H])[2H])c1c[nH]c2ccc(OC)cc12. The summed E-state index contributed by atoms with van der Waals surface area (Å²) < 4.78 is 65.9. The van der Waals surface area contributed by atoms with E-state index in [1.807, 2.05) is 0 Å². The summed E-state index contributed by atoms with van der Waals surface area (Å²) in [5.74, 6) is 0.516. The molecule has 0 spiro atoms. The van der Waals surface area contributed by atoms with Gasteiger partial charge in [0.05, 0.1) is 7.11 Å². The lowest BCUT2D eigenvalue weighted by molar-refractivity contribution is 0.413. The van der Waals surface area contributed by atoms with Crippen LogP contribution in [-0.4, -0.2) is 37.5 Å². The van der Waals surface area contributed by atoms with Gasteiger partial charge in [0, 0.05) is 34.6 Å². The Morgan fingerprint density at radius 3 is 3.12 bits per heavy atom. The van der Waals surface area contributed by atoms with E-state index in [1.54, 1.807) is 18.2 Å². The number of likely N-dealkylation sites (N-methyl/N-ethyl adjacent to an activating group) is 1. The molecule has 0 unspecified atom stereocenters. The Bertz CT molecular complexity index is 705. The summed E-state index contributed by atoms with van der Waals surface area (Å²) in [6.07, 6.45) is -0.783. The first-order valence-corrected chi connectivity index (χ1v) is 4.79. The smallest absolute Gasteiger partial charge is 0.119 e. The number of methoxy groups -OCH3 is 1. The Labute approximate surface area is 107 Å². The van der Waals surface area contributed by atoms with Crippen molar-refractivity contribution in [3.63, 3.8) is 0 Å². The van der Waals surface area contributed by atoms with Crippen molar-refractivity contribution in [3.8, 4) is 5.75 Å². The second-order valence-corrected chi connectivity index (χ2v) is 3.38. The lowest BCUT2D eigenvalue weighted by Crippen LogP contribution is -2.14. The first-order chi connectivity index (χ1) is 10.9. The molecule has 0 bridgehead atoms. The van der Waals surface area contributed by atoms with Gasteiger partial charge in [-0.05, 0) is 44.1 Å². The third-order valence-corrected chi connectivity index (χ3v) is 2.32. The van der Waals surface area contributed by atoms with Crippen LogP contribution in [0.25, 0.3) is 10.9 Å². The third kappa shape index (κ3) is 2.19. The highest BCUT2D eigenvalue weighted by atomic mass is 16.5. The number of aromatic amines is 1. The largest absolute Gasteiger partial charge is 0.497 e. The predicted octanol–water partition coefficient (Wildman–Crippen LogP) is 2.28. The van der Waals surface area contributed by atoms with Crippen LogP contribution < -0.4 is 4.74 Å². The second-order valence-electron chi connectivity index (χ2n) is 3.38. The highest BCUT2D eigenvalue weighted by Crippen LogP contribution is 2.23. The summed E-state index contributed by atoms with van der Waals surface area (Å²) in [5.41, 5.74) is 0.818. The van der Waals surface area contributed by atoms with Gasteiger partial charge in [-0.1, -0.05) is 0 Å². The van der Waals surface area contributed by atoms with Gasteiger partial charge < -0.3 is 14.6 Å². The van der Waals surface area contributed by atoms with Crippen molar-refractivity contribution in [1.82, 2.24) is 9.88 Å². The minimum absolute atomic E-state index is 0.176. The number of nitrogens with zero attached hydrogens (tertiary/aromatic N) is 1. The number of hydrogen-bond donors (Lipinski definition) is 1. The Morgan fingerprint density at radius 2 is 2.38 bits per heavy atom. The maximum atomic E-state index is 8.25. The molecule has 1 N–H and O–H groups in total. The number of fused-ring (bicyclic) bond motifs is 1. The molecule has 1 heterocycles. The summed E-state index contributed by atoms with van der Waals surface area (Å²) in [5, 5.41) is 0.510. The van der Waals surface area contributed by atoms with Crippen molar-refractivity contribution < 1.29 is 15.7 Å². The number of aromatic nitrogens is 1. The molecule has 0 saturated heterocycles. The van der Waals surface area contributed by atoms with E-state index < -0.39 is 26.9 Å². The quantitative estimate of drug-likeness (QED) is 0.866. The van der Waals surface area contributed by atoms with Gasteiger partial charge in [0.25, 0.3) is 0 Å². The van der Waals surface area contributed by atoms with Crippen molar-refractivity contribution in [1.29, 1.82) is 0 Å². The van der Waals surface area contributed by atoms with Crippen LogP contribution >= 0.6 is 0 Å². The molecule has 0 aliphatic rings. The van der Waals surface area contributed by atoms with Crippen LogP contribution in [0.15, 0.2) is 24.4 Å². The summed E-state index contributed by atoms with van der Waals surface area (Å²) in [6.45, 7) is -6.69. The standard InChI is InChI=1S/C13H18N2O/c1-15(2)7-6-10-9-14-13-5-4-11(16-3)8-12(10)13/h4-5,8-9,14H,6-7H2,1-3H3/i1D3,2D3,6D2. The van der Waals surface area contributed by atoms with Gasteiger partial charge in [0.1, 0.15) is 5.75 Å². The zero-order valence-electron chi connectivity index (χ0n) is 16.9. The molecule has 1 aromatic heterocycles. The van der Waals surface area contributed by atoms with Gasteiger partial charge in [0.15, 0.2) is 0 Å². The van der Waals surface area contributed by atoms with E-state index in [0.29, 0.717) is 16.7 Å². The maximum Gasteiger partial charge on any atom is 0.119 e. The average molecular weight is 226 g/mol. The lowest BCUT2D eigenvalue weighted by atomic mass is 10.1. The Kier molecular flexibility index (Phi) is 1.37. The van der Waals surface area contributed by atoms with Crippen LogP contribution in [0.3, 0.4) is 0 Å². The molecule has 0 radical (unpaired) electrons. The fraction of sp³-hybridized carbons (Fsp3) is 0.385. The van der Waals surface area contributed by atoms with Crippen molar-refractivity contribution >= 4 is 10.9 Å². The minimum atomic E-state index is -2.94. The van der Waals surface area contributed by atoms with E-state index in [2.05, 4.69) is 4.98 Å². The molecule has 2 aromatic rings. The number of rotatable bonds is 4. The Hall–Kier alpha value is -1.48.